The molecule has 1 heterocycles. The van der Waals surface area contributed by atoms with Crippen LogP contribution >= 0.6 is 0 Å². The van der Waals surface area contributed by atoms with Gasteiger partial charge in [0.25, 0.3) is 0 Å². The van der Waals surface area contributed by atoms with Crippen LogP contribution in [0.25, 0.3) is 11.5 Å². The van der Waals surface area contributed by atoms with Crippen molar-refractivity contribution in [3.63, 3.8) is 0 Å². The number of hydrogen-bond acceptors (Lipinski definition) is 1. The lowest BCUT2D eigenvalue weighted by Crippen LogP contribution is -2.10. The third-order valence-electron chi connectivity index (χ3n) is 4.63. The van der Waals surface area contributed by atoms with E-state index < -0.39 is 0 Å². The predicted octanol–water partition coefficient (Wildman–Crippen LogP) is 5.23. The first kappa shape index (κ1) is 17.0. The largest absolute Gasteiger partial charge is 0.456 e. The molecule has 0 saturated carbocycles. The van der Waals surface area contributed by atoms with Gasteiger partial charge in [0.05, 0.1) is 0 Å². The first-order chi connectivity index (χ1) is 13.2. The van der Waals surface area contributed by atoms with Gasteiger partial charge in [0, 0.05) is 23.3 Å². The van der Waals surface area contributed by atoms with Gasteiger partial charge in [0.15, 0.2) is 5.71 Å². The minimum Gasteiger partial charge on any atom is -0.456 e. The van der Waals surface area contributed by atoms with E-state index in [4.69, 9.17) is 4.74 Å². The highest BCUT2D eigenvalue weighted by molar-refractivity contribution is 6.02. The van der Waals surface area contributed by atoms with Crippen molar-refractivity contribution in [3.8, 4) is 0 Å². The monoisotopic (exact) mass is 352 g/mol. The van der Waals surface area contributed by atoms with Crippen LogP contribution in [0.1, 0.15) is 11.1 Å². The zero-order valence-electron chi connectivity index (χ0n) is 15.6. The van der Waals surface area contributed by atoms with Crippen LogP contribution in [-0.4, -0.2) is 24.4 Å². The maximum absolute atomic E-state index is 6.27. The van der Waals surface area contributed by atoms with Crippen LogP contribution in [0.5, 0.6) is 0 Å². The third kappa shape index (κ3) is 3.75. The van der Waals surface area contributed by atoms with Crippen LogP contribution in [0.3, 0.4) is 0 Å². The van der Waals surface area contributed by atoms with Gasteiger partial charge in [0.2, 0.25) is 0 Å². The van der Waals surface area contributed by atoms with E-state index >= 15 is 0 Å². The SMILES string of the molecule is C[N+](C)=C1C=CC(=C2C=C(c3ccccc3)OC(c3ccccc3)=C2)C=C1. The minimum atomic E-state index is 0.864. The van der Waals surface area contributed by atoms with Crippen LogP contribution in [0.4, 0.5) is 0 Å². The molecule has 2 aliphatic rings. The van der Waals surface area contributed by atoms with E-state index in [1.54, 1.807) is 0 Å². The average Bonchev–Trinajstić information content (AvgIpc) is 2.75. The summed E-state index contributed by atoms with van der Waals surface area (Å²) in [5.41, 5.74) is 5.64. The van der Waals surface area contributed by atoms with Crippen LogP contribution in [0, 0.1) is 0 Å². The lowest BCUT2D eigenvalue weighted by Gasteiger charge is -2.20. The maximum atomic E-state index is 6.27. The first-order valence-corrected chi connectivity index (χ1v) is 9.07. The second kappa shape index (κ2) is 7.46. The Bertz CT molecular complexity index is 953. The number of hydrogen-bond donors (Lipinski definition) is 0. The zero-order valence-corrected chi connectivity index (χ0v) is 15.6. The maximum Gasteiger partial charge on any atom is 0.199 e. The molecule has 1 aliphatic heterocycles. The molecule has 0 amide bonds. The van der Waals surface area contributed by atoms with Crippen molar-refractivity contribution in [3.05, 3.63) is 119 Å². The number of benzene rings is 2. The lowest BCUT2D eigenvalue weighted by atomic mass is 9.97. The van der Waals surface area contributed by atoms with Crippen molar-refractivity contribution in [2.24, 2.45) is 0 Å². The molecule has 27 heavy (non-hydrogen) atoms. The fraction of sp³-hybridized carbons (Fsp3) is 0.0800. The van der Waals surface area contributed by atoms with Crippen molar-refractivity contribution in [2.75, 3.05) is 14.1 Å². The number of rotatable bonds is 2. The Morgan fingerprint density at radius 1 is 0.593 bits per heavy atom. The van der Waals surface area contributed by atoms with Gasteiger partial charge >= 0.3 is 0 Å². The molecule has 1 aliphatic carbocycles. The van der Waals surface area contributed by atoms with Gasteiger partial charge in [-0.15, -0.1) is 0 Å². The van der Waals surface area contributed by atoms with Crippen molar-refractivity contribution >= 4 is 17.2 Å². The summed E-state index contributed by atoms with van der Waals surface area (Å²) < 4.78 is 8.37. The Kier molecular flexibility index (Phi) is 4.71. The molecule has 2 nitrogen and oxygen atoms in total. The summed E-state index contributed by atoms with van der Waals surface area (Å²) in [7, 11) is 4.11. The molecule has 0 N–H and O–H groups in total. The molecular formula is C25H22NO+. The topological polar surface area (TPSA) is 12.2 Å². The summed E-state index contributed by atoms with van der Waals surface area (Å²) in [6.45, 7) is 0. The molecule has 0 radical (unpaired) electrons. The van der Waals surface area contributed by atoms with Gasteiger partial charge in [-0.1, -0.05) is 60.7 Å². The normalized spacial score (nSPS) is 16.0. The standard InChI is InChI=1S/C25H22NO/c1-26(2)23-15-13-19(14-16-23)22-17-24(20-9-5-3-6-10-20)27-25(18-22)21-11-7-4-8-12-21/h3-18H,1-2H3/q+1. The van der Waals surface area contributed by atoms with E-state index in [0.29, 0.717) is 0 Å². The van der Waals surface area contributed by atoms with Crippen LogP contribution in [0.15, 0.2) is 108 Å². The van der Waals surface area contributed by atoms with E-state index in [0.717, 1.165) is 28.2 Å². The highest BCUT2D eigenvalue weighted by atomic mass is 16.5. The molecule has 2 aromatic rings. The summed E-state index contributed by atoms with van der Waals surface area (Å²) in [6, 6.07) is 20.5. The van der Waals surface area contributed by atoms with Crippen LogP contribution in [0.2, 0.25) is 0 Å². The van der Waals surface area contributed by atoms with Gasteiger partial charge in [-0.25, -0.2) is 4.58 Å². The second-order valence-corrected chi connectivity index (χ2v) is 6.75. The van der Waals surface area contributed by atoms with Gasteiger partial charge in [0.1, 0.15) is 25.6 Å². The number of nitrogens with zero attached hydrogens (tertiary/aromatic N) is 1. The van der Waals surface area contributed by atoms with Crippen molar-refractivity contribution in [2.45, 2.75) is 0 Å². The van der Waals surface area contributed by atoms with Gasteiger partial charge in [-0.2, -0.15) is 0 Å². The molecule has 132 valence electrons. The molecule has 2 aromatic carbocycles. The minimum absolute atomic E-state index is 0.864. The summed E-state index contributed by atoms with van der Waals surface area (Å²) >= 11 is 0. The van der Waals surface area contributed by atoms with Crippen LogP contribution in [-0.2, 0) is 4.74 Å². The Balaban J connectivity index is 1.81. The Morgan fingerprint density at radius 2 is 1.07 bits per heavy atom. The zero-order chi connectivity index (χ0) is 18.6. The van der Waals surface area contributed by atoms with Gasteiger partial charge < -0.3 is 4.74 Å². The Labute approximate surface area is 160 Å². The summed E-state index contributed by atoms with van der Waals surface area (Å²) in [4.78, 5) is 0. The van der Waals surface area contributed by atoms with Crippen LogP contribution < -0.4 is 0 Å². The summed E-state index contributed by atoms with van der Waals surface area (Å²) in [5, 5.41) is 0. The number of ether oxygens (including phenoxy) is 1. The molecule has 0 aromatic heterocycles. The third-order valence-corrected chi connectivity index (χ3v) is 4.63. The summed E-state index contributed by atoms with van der Waals surface area (Å²) in [6.07, 6.45) is 12.8. The van der Waals surface area contributed by atoms with E-state index in [9.17, 15) is 0 Å². The fourth-order valence-corrected chi connectivity index (χ4v) is 3.11. The molecular weight excluding hydrogens is 330 g/mol. The highest BCUT2D eigenvalue weighted by Gasteiger charge is 2.17. The average molecular weight is 352 g/mol. The van der Waals surface area contributed by atoms with E-state index in [1.165, 1.54) is 11.3 Å². The molecule has 0 spiro atoms. The van der Waals surface area contributed by atoms with E-state index in [1.807, 2.05) is 36.4 Å². The molecule has 0 unspecified atom stereocenters. The van der Waals surface area contributed by atoms with Gasteiger partial charge in [-0.3, -0.25) is 0 Å². The van der Waals surface area contributed by atoms with Crippen molar-refractivity contribution in [1.82, 2.24) is 0 Å². The number of allylic oxidation sites excluding steroid dienone is 8. The van der Waals surface area contributed by atoms with Crippen molar-refractivity contribution < 1.29 is 9.31 Å². The fourth-order valence-electron chi connectivity index (χ4n) is 3.11. The van der Waals surface area contributed by atoms with E-state index in [2.05, 4.69) is 79.4 Å². The molecule has 0 fully saturated rings. The smallest absolute Gasteiger partial charge is 0.199 e. The molecule has 4 rings (SSSR count). The van der Waals surface area contributed by atoms with Gasteiger partial charge in [-0.05, 0) is 35.5 Å². The Hall–Kier alpha value is -3.39. The van der Waals surface area contributed by atoms with E-state index in [-0.39, 0.29) is 0 Å². The Morgan fingerprint density at radius 3 is 1.52 bits per heavy atom. The molecule has 0 atom stereocenters. The predicted molar refractivity (Wildman–Crippen MR) is 112 cm³/mol. The second-order valence-electron chi connectivity index (χ2n) is 6.75. The lowest BCUT2D eigenvalue weighted by molar-refractivity contribution is -0.462. The highest BCUT2D eigenvalue weighted by Crippen LogP contribution is 2.33. The molecule has 0 bridgehead atoms. The quantitative estimate of drug-likeness (QED) is 0.674. The molecule has 0 saturated heterocycles. The first-order valence-electron chi connectivity index (χ1n) is 9.07. The summed E-state index contributed by atoms with van der Waals surface area (Å²) in [5.74, 6) is 1.73. The molecule has 2 heteroatoms. The van der Waals surface area contributed by atoms with Crippen molar-refractivity contribution in [1.29, 1.82) is 0 Å².